The van der Waals surface area contributed by atoms with E-state index in [9.17, 15) is 20.1 Å². The van der Waals surface area contributed by atoms with Crippen LogP contribution in [0.3, 0.4) is 0 Å². The number of rotatable bonds is 4. The van der Waals surface area contributed by atoms with E-state index >= 15 is 0 Å². The van der Waals surface area contributed by atoms with E-state index in [0.717, 1.165) is 38.5 Å². The zero-order valence-electron chi connectivity index (χ0n) is 22.5. The lowest BCUT2D eigenvalue weighted by molar-refractivity contribution is -0.219. The van der Waals surface area contributed by atoms with Gasteiger partial charge in [0, 0.05) is 18.3 Å². The molecule has 10 unspecified atom stereocenters. The van der Waals surface area contributed by atoms with Gasteiger partial charge in [0.1, 0.15) is 0 Å². The molecule has 0 radical (unpaired) electrons. The van der Waals surface area contributed by atoms with Crippen LogP contribution in [0.2, 0.25) is 0 Å². The maximum atomic E-state index is 11.9. The molecule has 4 aliphatic carbocycles. The standard InChI is InChI=1S/C30H48O4/c1-17-9-13-29(7)20(25(17)19(3)18(2)15-24(33)34)16-21(31)26-28(6)12-11-23(32)27(4,5)22(28)10-14-30(26,29)8/h16,18-19,21-23,25-26,31-32H,1,9-15H2,2-8H3,(H,33,34). The molecule has 4 aliphatic rings. The van der Waals surface area contributed by atoms with Gasteiger partial charge in [-0.15, -0.1) is 0 Å². The number of carboxylic acid groups (broad SMARTS) is 1. The van der Waals surface area contributed by atoms with E-state index in [1.807, 2.05) is 6.92 Å². The summed E-state index contributed by atoms with van der Waals surface area (Å²) >= 11 is 0. The summed E-state index contributed by atoms with van der Waals surface area (Å²) in [7, 11) is 0. The Morgan fingerprint density at radius 1 is 1.09 bits per heavy atom. The first-order valence-corrected chi connectivity index (χ1v) is 13.6. The van der Waals surface area contributed by atoms with Crippen molar-refractivity contribution < 1.29 is 20.1 Å². The van der Waals surface area contributed by atoms with E-state index in [-0.39, 0.29) is 57.9 Å². The Bertz CT molecular complexity index is 888. The lowest BCUT2D eigenvalue weighted by Crippen LogP contribution is -2.66. The first-order chi connectivity index (χ1) is 15.6. The summed E-state index contributed by atoms with van der Waals surface area (Å²) in [4.78, 5) is 11.5. The molecule has 4 heteroatoms. The largest absolute Gasteiger partial charge is 0.481 e. The van der Waals surface area contributed by atoms with Crippen LogP contribution in [0.5, 0.6) is 0 Å². The van der Waals surface area contributed by atoms with Crippen molar-refractivity contribution in [1.82, 2.24) is 0 Å². The Kier molecular flexibility index (Phi) is 6.26. The van der Waals surface area contributed by atoms with Gasteiger partial charge in [0.15, 0.2) is 0 Å². The Morgan fingerprint density at radius 2 is 1.74 bits per heavy atom. The van der Waals surface area contributed by atoms with Gasteiger partial charge in [-0.05, 0) is 77.9 Å². The second-order valence-corrected chi connectivity index (χ2v) is 13.9. The van der Waals surface area contributed by atoms with Gasteiger partial charge in [-0.3, -0.25) is 4.79 Å². The molecule has 3 saturated carbocycles. The molecule has 0 aromatic rings. The molecule has 0 aromatic carbocycles. The summed E-state index contributed by atoms with van der Waals surface area (Å²) in [5.41, 5.74) is 2.25. The number of aliphatic hydroxyl groups excluding tert-OH is 2. The highest BCUT2D eigenvalue weighted by Crippen LogP contribution is 2.73. The lowest BCUT2D eigenvalue weighted by Gasteiger charge is -2.70. The zero-order valence-corrected chi connectivity index (χ0v) is 22.5. The first kappa shape index (κ1) is 25.9. The van der Waals surface area contributed by atoms with Crippen LogP contribution in [0.15, 0.2) is 23.8 Å². The first-order valence-electron chi connectivity index (χ1n) is 13.6. The Labute approximate surface area is 206 Å². The molecule has 0 aliphatic heterocycles. The maximum Gasteiger partial charge on any atom is 0.303 e. The normalized spacial score (nSPS) is 47.5. The third kappa shape index (κ3) is 3.41. The topological polar surface area (TPSA) is 77.8 Å². The van der Waals surface area contributed by atoms with E-state index in [1.165, 1.54) is 11.1 Å². The summed E-state index contributed by atoms with van der Waals surface area (Å²) in [5, 5.41) is 32.2. The second kappa shape index (κ2) is 8.20. The van der Waals surface area contributed by atoms with Crippen LogP contribution in [0.1, 0.15) is 93.4 Å². The Morgan fingerprint density at radius 3 is 2.35 bits per heavy atom. The average molecular weight is 473 g/mol. The van der Waals surface area contributed by atoms with Gasteiger partial charge in [0.05, 0.1) is 12.2 Å². The molecule has 4 rings (SSSR count). The highest BCUT2D eigenvalue weighted by Gasteiger charge is 2.68. The minimum atomic E-state index is -0.749. The average Bonchev–Trinajstić information content (AvgIpc) is 2.72. The molecular formula is C30H48O4. The molecule has 34 heavy (non-hydrogen) atoms. The van der Waals surface area contributed by atoms with Crippen LogP contribution in [-0.4, -0.2) is 33.5 Å². The van der Waals surface area contributed by atoms with Crippen molar-refractivity contribution in [3.05, 3.63) is 23.8 Å². The number of aliphatic carboxylic acids is 1. The van der Waals surface area contributed by atoms with Crippen LogP contribution >= 0.6 is 0 Å². The van der Waals surface area contributed by atoms with Gasteiger partial charge in [-0.1, -0.05) is 72.3 Å². The minimum Gasteiger partial charge on any atom is -0.481 e. The Hall–Kier alpha value is -1.13. The smallest absolute Gasteiger partial charge is 0.303 e. The number of hydrogen-bond donors (Lipinski definition) is 3. The van der Waals surface area contributed by atoms with Crippen molar-refractivity contribution >= 4 is 5.97 Å². The van der Waals surface area contributed by atoms with Gasteiger partial charge in [0.2, 0.25) is 0 Å². The monoisotopic (exact) mass is 472 g/mol. The summed E-state index contributed by atoms with van der Waals surface area (Å²) in [6.45, 7) is 20.4. The van der Waals surface area contributed by atoms with E-state index in [0.29, 0.717) is 5.92 Å². The van der Waals surface area contributed by atoms with Crippen LogP contribution in [0, 0.1) is 51.2 Å². The molecule has 3 N–H and O–H groups in total. The SMILES string of the molecule is C=C1CCC2(C)C(=CC(O)C3C4(C)CCC(O)C(C)(C)C4CCC32C)C1C(C)C(C)CC(=O)O. The summed E-state index contributed by atoms with van der Waals surface area (Å²) in [6.07, 6.45) is 7.43. The third-order valence-electron chi connectivity index (χ3n) is 12.1. The highest BCUT2D eigenvalue weighted by molar-refractivity contribution is 5.67. The molecule has 10 atom stereocenters. The molecule has 4 nitrogen and oxygen atoms in total. The molecular weight excluding hydrogens is 424 g/mol. The van der Waals surface area contributed by atoms with Crippen molar-refractivity contribution in [2.24, 2.45) is 51.2 Å². The van der Waals surface area contributed by atoms with Crippen molar-refractivity contribution in [3.63, 3.8) is 0 Å². The third-order valence-corrected chi connectivity index (χ3v) is 12.1. The van der Waals surface area contributed by atoms with Gasteiger partial charge >= 0.3 is 5.97 Å². The summed E-state index contributed by atoms with van der Waals surface area (Å²) in [5.74, 6) is 0.116. The maximum absolute atomic E-state index is 11.9. The number of carboxylic acids is 1. The fourth-order valence-corrected chi connectivity index (χ4v) is 9.77. The van der Waals surface area contributed by atoms with Gasteiger partial charge in [-0.2, -0.15) is 0 Å². The van der Waals surface area contributed by atoms with E-state index < -0.39 is 12.1 Å². The molecule has 0 heterocycles. The molecule has 0 amide bonds. The van der Waals surface area contributed by atoms with Crippen LogP contribution in [-0.2, 0) is 4.79 Å². The molecule has 0 spiro atoms. The number of fused-ring (bicyclic) bond motifs is 5. The number of aliphatic hydroxyl groups is 2. The second-order valence-electron chi connectivity index (χ2n) is 13.9. The van der Waals surface area contributed by atoms with Crippen molar-refractivity contribution in [3.8, 4) is 0 Å². The summed E-state index contributed by atoms with van der Waals surface area (Å²) in [6, 6.07) is 0. The zero-order chi connectivity index (χ0) is 25.4. The molecule has 0 aromatic heterocycles. The van der Waals surface area contributed by atoms with E-state index in [2.05, 4.69) is 54.2 Å². The number of carbonyl (C=O) groups is 1. The molecule has 192 valence electrons. The van der Waals surface area contributed by atoms with Gasteiger partial charge < -0.3 is 15.3 Å². The Balaban J connectivity index is 1.80. The molecule has 3 fully saturated rings. The fourth-order valence-electron chi connectivity index (χ4n) is 9.77. The van der Waals surface area contributed by atoms with Crippen molar-refractivity contribution in [2.75, 3.05) is 0 Å². The predicted molar refractivity (Wildman–Crippen MR) is 136 cm³/mol. The number of hydrogen-bond acceptors (Lipinski definition) is 3. The van der Waals surface area contributed by atoms with E-state index in [4.69, 9.17) is 0 Å². The van der Waals surface area contributed by atoms with Crippen molar-refractivity contribution in [1.29, 1.82) is 0 Å². The van der Waals surface area contributed by atoms with Crippen LogP contribution < -0.4 is 0 Å². The van der Waals surface area contributed by atoms with Crippen LogP contribution in [0.4, 0.5) is 0 Å². The van der Waals surface area contributed by atoms with Crippen molar-refractivity contribution in [2.45, 2.75) is 106 Å². The summed E-state index contributed by atoms with van der Waals surface area (Å²) < 4.78 is 0. The fraction of sp³-hybridized carbons (Fsp3) is 0.833. The molecule has 0 bridgehead atoms. The van der Waals surface area contributed by atoms with E-state index in [1.54, 1.807) is 0 Å². The number of allylic oxidation sites excluding steroid dienone is 2. The van der Waals surface area contributed by atoms with Gasteiger partial charge in [-0.25, -0.2) is 0 Å². The van der Waals surface area contributed by atoms with Crippen LogP contribution in [0.25, 0.3) is 0 Å². The van der Waals surface area contributed by atoms with Gasteiger partial charge in [0.25, 0.3) is 0 Å². The molecule has 0 saturated heterocycles. The predicted octanol–water partition coefficient (Wildman–Crippen LogP) is 6.23. The minimum absolute atomic E-state index is 0.0215. The quantitative estimate of drug-likeness (QED) is 0.424. The highest BCUT2D eigenvalue weighted by atomic mass is 16.4. The lowest BCUT2D eigenvalue weighted by atomic mass is 9.34.